The zero-order chi connectivity index (χ0) is 10.7. The predicted molar refractivity (Wildman–Crippen MR) is 57.8 cm³/mol. The van der Waals surface area contributed by atoms with Crippen LogP contribution in [0.25, 0.3) is 0 Å². The first kappa shape index (κ1) is 15.3. The van der Waals surface area contributed by atoms with Crippen molar-refractivity contribution in [2.45, 2.75) is 27.3 Å². The van der Waals surface area contributed by atoms with Crippen LogP contribution < -0.4 is 0 Å². The van der Waals surface area contributed by atoms with Crippen LogP contribution in [0.1, 0.15) is 20.8 Å². The highest BCUT2D eigenvalue weighted by Gasteiger charge is 2.25. The molecule has 0 radical (unpaired) electrons. The van der Waals surface area contributed by atoms with Crippen molar-refractivity contribution in [3.63, 3.8) is 0 Å². The van der Waals surface area contributed by atoms with Crippen LogP contribution in [0.15, 0.2) is 12.3 Å². The van der Waals surface area contributed by atoms with E-state index in [0.29, 0.717) is 13.2 Å². The van der Waals surface area contributed by atoms with Gasteiger partial charge in [0.15, 0.2) is 0 Å². The quantitative estimate of drug-likeness (QED) is 0.698. The van der Waals surface area contributed by atoms with Crippen molar-refractivity contribution < 1.29 is 14.0 Å². The Bertz CT molecular complexity index is 111. The summed E-state index contributed by atoms with van der Waals surface area (Å²) >= 11 is 0. The van der Waals surface area contributed by atoms with Crippen molar-refractivity contribution in [1.29, 1.82) is 0 Å². The van der Waals surface area contributed by atoms with Crippen molar-refractivity contribution >= 4 is 8.56 Å². The maximum absolute atomic E-state index is 7.57. The van der Waals surface area contributed by atoms with E-state index in [-0.39, 0.29) is 6.61 Å². The van der Waals surface area contributed by atoms with Gasteiger partial charge in [-0.2, -0.15) is 0 Å². The smallest absolute Gasteiger partial charge is 0.361 e. The lowest BCUT2D eigenvalue weighted by Crippen LogP contribution is -2.36. The lowest BCUT2D eigenvalue weighted by atomic mass is 10.9. The molecule has 1 N–H and O–H groups in total. The standard InChI is InChI=1S/C7H16O2Si.C2H6O/c1-5-8-10(4,7-3)9-6-2;1-2-3/h7H,3,5-6H2,1-2,4H3;3H,2H2,1H3. The molecule has 0 aromatic rings. The molecule has 0 saturated heterocycles. The summed E-state index contributed by atoms with van der Waals surface area (Å²) < 4.78 is 10.8. The minimum Gasteiger partial charge on any atom is -0.397 e. The van der Waals surface area contributed by atoms with Gasteiger partial charge in [0, 0.05) is 19.8 Å². The number of aliphatic hydroxyl groups excluding tert-OH is 1. The van der Waals surface area contributed by atoms with Crippen LogP contribution in [0.5, 0.6) is 0 Å². The Morgan fingerprint density at radius 2 is 1.54 bits per heavy atom. The highest BCUT2D eigenvalue weighted by Crippen LogP contribution is 2.06. The number of hydrogen-bond acceptors (Lipinski definition) is 3. The van der Waals surface area contributed by atoms with E-state index in [0.717, 1.165) is 0 Å². The van der Waals surface area contributed by atoms with Crippen molar-refractivity contribution in [3.8, 4) is 0 Å². The molecule has 0 aromatic carbocycles. The Balaban J connectivity index is 0. The molecule has 0 rings (SSSR count). The van der Waals surface area contributed by atoms with Gasteiger partial charge in [0.1, 0.15) is 0 Å². The summed E-state index contributed by atoms with van der Waals surface area (Å²) in [6.07, 6.45) is 0. The van der Waals surface area contributed by atoms with Crippen LogP contribution in [0.4, 0.5) is 0 Å². The lowest BCUT2D eigenvalue weighted by molar-refractivity contribution is 0.201. The summed E-state index contributed by atoms with van der Waals surface area (Å²) in [5, 5.41) is 7.57. The molecule has 80 valence electrons. The van der Waals surface area contributed by atoms with E-state index >= 15 is 0 Å². The summed E-state index contributed by atoms with van der Waals surface area (Å²) in [6, 6.07) is 0. The molecule has 0 aliphatic heterocycles. The van der Waals surface area contributed by atoms with Crippen molar-refractivity contribution in [2.24, 2.45) is 0 Å². The number of aliphatic hydroxyl groups is 1. The second-order valence-electron chi connectivity index (χ2n) is 2.40. The fourth-order valence-electron chi connectivity index (χ4n) is 0.733. The molecule has 0 fully saturated rings. The van der Waals surface area contributed by atoms with E-state index in [1.165, 1.54) is 0 Å². The molecule has 3 nitrogen and oxygen atoms in total. The molecule has 0 amide bonds. The summed E-state index contributed by atoms with van der Waals surface area (Å²) in [6.45, 7) is 12.9. The van der Waals surface area contributed by atoms with Gasteiger partial charge < -0.3 is 14.0 Å². The normalized spacial score (nSPS) is 10.2. The molecule has 0 atom stereocenters. The van der Waals surface area contributed by atoms with Gasteiger partial charge in [-0.3, -0.25) is 0 Å². The average Bonchev–Trinajstić information content (AvgIpc) is 2.07. The van der Waals surface area contributed by atoms with E-state index in [1.54, 1.807) is 12.6 Å². The summed E-state index contributed by atoms with van der Waals surface area (Å²) in [7, 11) is -1.96. The van der Waals surface area contributed by atoms with Crippen LogP contribution in [-0.4, -0.2) is 33.5 Å². The van der Waals surface area contributed by atoms with Crippen LogP contribution in [0, 0.1) is 0 Å². The van der Waals surface area contributed by atoms with E-state index in [1.807, 2.05) is 20.4 Å². The van der Waals surface area contributed by atoms with Crippen molar-refractivity contribution in [2.75, 3.05) is 19.8 Å². The van der Waals surface area contributed by atoms with Crippen LogP contribution >= 0.6 is 0 Å². The zero-order valence-corrected chi connectivity index (χ0v) is 10.2. The topological polar surface area (TPSA) is 38.7 Å². The molecular weight excluding hydrogens is 184 g/mol. The summed E-state index contributed by atoms with van der Waals surface area (Å²) in [5.41, 5.74) is 1.81. The van der Waals surface area contributed by atoms with Crippen LogP contribution in [0.3, 0.4) is 0 Å². The first-order valence-electron chi connectivity index (χ1n) is 4.62. The monoisotopic (exact) mass is 206 g/mol. The fraction of sp³-hybridized carbons (Fsp3) is 0.778. The highest BCUT2D eigenvalue weighted by atomic mass is 28.4. The second-order valence-corrected chi connectivity index (χ2v) is 5.42. The third kappa shape index (κ3) is 9.75. The Morgan fingerprint density at radius 3 is 1.69 bits per heavy atom. The van der Waals surface area contributed by atoms with Gasteiger partial charge in [-0.05, 0) is 33.0 Å². The molecule has 0 aliphatic carbocycles. The predicted octanol–water partition coefficient (Wildman–Crippen LogP) is 1.86. The van der Waals surface area contributed by atoms with E-state index in [4.69, 9.17) is 14.0 Å². The third-order valence-electron chi connectivity index (χ3n) is 1.23. The first-order valence-corrected chi connectivity index (χ1v) is 7.01. The molecule has 0 bridgehead atoms. The van der Waals surface area contributed by atoms with E-state index in [2.05, 4.69) is 6.58 Å². The van der Waals surface area contributed by atoms with E-state index < -0.39 is 8.56 Å². The maximum Gasteiger partial charge on any atom is 0.361 e. The SMILES string of the molecule is C=C[Si](C)(OCC)OCC.CCO. The molecule has 0 unspecified atom stereocenters. The van der Waals surface area contributed by atoms with Crippen LogP contribution in [0.2, 0.25) is 6.55 Å². The van der Waals surface area contributed by atoms with Gasteiger partial charge in [-0.15, -0.1) is 6.58 Å². The second kappa shape index (κ2) is 9.92. The van der Waals surface area contributed by atoms with Gasteiger partial charge in [0.2, 0.25) is 0 Å². The lowest BCUT2D eigenvalue weighted by Gasteiger charge is -2.21. The molecule has 0 aromatic heterocycles. The van der Waals surface area contributed by atoms with Gasteiger partial charge in [0.25, 0.3) is 0 Å². The van der Waals surface area contributed by atoms with Gasteiger partial charge in [-0.25, -0.2) is 0 Å². The Hall–Kier alpha value is -0.163. The number of hydrogen-bond donors (Lipinski definition) is 1. The third-order valence-corrected chi connectivity index (χ3v) is 3.70. The molecular formula is C9H22O3Si. The molecule has 13 heavy (non-hydrogen) atoms. The van der Waals surface area contributed by atoms with Gasteiger partial charge in [0.05, 0.1) is 0 Å². The molecule has 0 heterocycles. The number of rotatable bonds is 5. The van der Waals surface area contributed by atoms with Crippen molar-refractivity contribution in [1.82, 2.24) is 0 Å². The maximum atomic E-state index is 7.57. The summed E-state index contributed by atoms with van der Waals surface area (Å²) in [5.74, 6) is 0. The minimum absolute atomic E-state index is 0.250. The molecule has 0 saturated carbocycles. The Kier molecular flexibility index (Phi) is 11.7. The fourth-order valence-corrected chi connectivity index (χ4v) is 2.20. The first-order chi connectivity index (χ1) is 6.10. The molecule has 0 aliphatic rings. The largest absolute Gasteiger partial charge is 0.397 e. The highest BCUT2D eigenvalue weighted by molar-refractivity contribution is 6.71. The minimum atomic E-state index is -1.96. The molecule has 0 spiro atoms. The zero-order valence-electron chi connectivity index (χ0n) is 9.17. The van der Waals surface area contributed by atoms with Crippen LogP contribution in [-0.2, 0) is 8.85 Å². The Morgan fingerprint density at radius 1 is 1.23 bits per heavy atom. The summed E-state index contributed by atoms with van der Waals surface area (Å²) in [4.78, 5) is 0. The Labute approximate surface area is 82.6 Å². The van der Waals surface area contributed by atoms with E-state index in [9.17, 15) is 0 Å². The van der Waals surface area contributed by atoms with Gasteiger partial charge >= 0.3 is 8.56 Å². The van der Waals surface area contributed by atoms with Gasteiger partial charge in [-0.1, -0.05) is 0 Å². The molecule has 4 heteroatoms. The average molecular weight is 206 g/mol. The van der Waals surface area contributed by atoms with Crippen molar-refractivity contribution in [3.05, 3.63) is 12.3 Å².